The summed E-state index contributed by atoms with van der Waals surface area (Å²) in [7, 11) is 1.54. The second-order valence-corrected chi connectivity index (χ2v) is 7.46. The molecule has 0 saturated carbocycles. The van der Waals surface area contributed by atoms with Crippen molar-refractivity contribution in [1.82, 2.24) is 15.1 Å². The Balaban J connectivity index is 1.45. The third-order valence-electron chi connectivity index (χ3n) is 5.56. The molecule has 2 aromatic rings. The topological polar surface area (TPSA) is 99.2 Å². The average Bonchev–Trinajstić information content (AvgIpc) is 2.78. The third kappa shape index (κ3) is 3.80. The summed E-state index contributed by atoms with van der Waals surface area (Å²) in [5, 5.41) is 12.2. The molecule has 0 aliphatic carbocycles. The van der Waals surface area contributed by atoms with Crippen molar-refractivity contribution in [2.75, 3.05) is 26.7 Å². The van der Waals surface area contributed by atoms with Crippen molar-refractivity contribution in [2.45, 2.75) is 18.5 Å². The minimum absolute atomic E-state index is 0.148. The molecule has 8 nitrogen and oxygen atoms in total. The van der Waals surface area contributed by atoms with Crippen LogP contribution in [0.25, 0.3) is 0 Å². The lowest BCUT2D eigenvalue weighted by molar-refractivity contribution is -0.152. The lowest BCUT2D eigenvalue weighted by Gasteiger charge is -2.45. The Hall–Kier alpha value is -3.55. The third-order valence-corrected chi connectivity index (χ3v) is 5.56. The maximum Gasteiger partial charge on any atom is 0.254 e. The second kappa shape index (κ2) is 8.06. The lowest BCUT2D eigenvalue weighted by atomic mass is 9.98. The molecule has 0 aromatic heterocycles. The molecule has 4 rings (SSSR count). The van der Waals surface area contributed by atoms with Gasteiger partial charge in [-0.3, -0.25) is 14.4 Å². The summed E-state index contributed by atoms with van der Waals surface area (Å²) in [6, 6.07) is 12.1. The molecule has 2 aliphatic heterocycles. The summed E-state index contributed by atoms with van der Waals surface area (Å²) >= 11 is 0. The number of benzene rings is 2. The molecule has 0 bridgehead atoms. The Kier molecular flexibility index (Phi) is 5.31. The Labute approximate surface area is 174 Å². The predicted octanol–water partition coefficient (Wildman–Crippen LogP) is 0.795. The Morgan fingerprint density at radius 3 is 2.67 bits per heavy atom. The van der Waals surface area contributed by atoms with Gasteiger partial charge in [-0.1, -0.05) is 18.2 Å². The normalized spacial score (nSPS) is 21.1. The molecule has 2 saturated heterocycles. The van der Waals surface area contributed by atoms with Gasteiger partial charge in [0.2, 0.25) is 11.8 Å². The summed E-state index contributed by atoms with van der Waals surface area (Å²) in [4.78, 5) is 41.7. The average molecular weight is 409 g/mol. The number of ether oxygens (including phenoxy) is 1. The Morgan fingerprint density at radius 1 is 1.17 bits per heavy atom. The molecule has 156 valence electrons. The molecule has 8 heteroatoms. The van der Waals surface area contributed by atoms with Gasteiger partial charge in [-0.25, -0.2) is 0 Å². The summed E-state index contributed by atoms with van der Waals surface area (Å²) in [6.07, 6.45) is 0.348. The van der Waals surface area contributed by atoms with Crippen LogP contribution in [0.4, 0.5) is 0 Å². The van der Waals surface area contributed by atoms with Crippen LogP contribution >= 0.6 is 0 Å². The van der Waals surface area contributed by atoms with Gasteiger partial charge in [0.1, 0.15) is 23.6 Å². The van der Waals surface area contributed by atoms with Gasteiger partial charge in [-0.15, -0.1) is 0 Å². The van der Waals surface area contributed by atoms with Crippen LogP contribution in [0.3, 0.4) is 0 Å². The van der Waals surface area contributed by atoms with E-state index in [1.165, 1.54) is 7.11 Å². The first-order chi connectivity index (χ1) is 14.5. The molecule has 0 unspecified atom stereocenters. The number of carbonyl (C=O) groups is 3. The van der Waals surface area contributed by atoms with E-state index in [0.29, 0.717) is 30.8 Å². The van der Waals surface area contributed by atoms with Crippen molar-refractivity contribution in [3.63, 3.8) is 0 Å². The zero-order chi connectivity index (χ0) is 21.3. The van der Waals surface area contributed by atoms with E-state index in [2.05, 4.69) is 5.32 Å². The van der Waals surface area contributed by atoms with Gasteiger partial charge in [-0.2, -0.15) is 0 Å². The Morgan fingerprint density at radius 2 is 1.93 bits per heavy atom. The van der Waals surface area contributed by atoms with Gasteiger partial charge in [-0.05, 0) is 35.9 Å². The van der Waals surface area contributed by atoms with Crippen molar-refractivity contribution < 1.29 is 24.2 Å². The molecular weight excluding hydrogens is 386 g/mol. The number of hydrogen-bond donors (Lipinski definition) is 2. The number of aromatic hydroxyl groups is 1. The maximum absolute atomic E-state index is 12.9. The molecule has 2 N–H and O–H groups in total. The number of rotatable bonds is 4. The molecule has 2 fully saturated rings. The monoisotopic (exact) mass is 409 g/mol. The van der Waals surface area contributed by atoms with E-state index in [4.69, 9.17) is 4.74 Å². The lowest BCUT2D eigenvalue weighted by Crippen LogP contribution is -2.70. The van der Waals surface area contributed by atoms with Gasteiger partial charge in [0.25, 0.3) is 5.91 Å². The van der Waals surface area contributed by atoms with E-state index in [1.807, 2.05) is 0 Å². The number of amides is 3. The van der Waals surface area contributed by atoms with Crippen molar-refractivity contribution in [3.05, 3.63) is 59.7 Å². The van der Waals surface area contributed by atoms with Crippen LogP contribution in [0, 0.1) is 0 Å². The molecule has 0 spiro atoms. The number of hydrogen-bond acceptors (Lipinski definition) is 5. The molecule has 30 heavy (non-hydrogen) atoms. The molecule has 3 amide bonds. The summed E-state index contributed by atoms with van der Waals surface area (Å²) < 4.78 is 5.17. The highest BCUT2D eigenvalue weighted by Crippen LogP contribution is 2.21. The largest absolute Gasteiger partial charge is 0.508 e. The van der Waals surface area contributed by atoms with Gasteiger partial charge in [0.05, 0.1) is 13.7 Å². The Bertz CT molecular complexity index is 975. The number of piperazine rings is 2. The van der Waals surface area contributed by atoms with Crippen molar-refractivity contribution in [3.8, 4) is 11.5 Å². The van der Waals surface area contributed by atoms with Crippen LogP contribution in [-0.2, 0) is 16.0 Å². The van der Waals surface area contributed by atoms with Crippen LogP contribution in [0.5, 0.6) is 11.5 Å². The minimum Gasteiger partial charge on any atom is -0.508 e. The quantitative estimate of drug-likeness (QED) is 0.778. The first-order valence-corrected chi connectivity index (χ1v) is 9.78. The number of methoxy groups -OCH3 is 1. The molecule has 0 radical (unpaired) electrons. The molecule has 2 heterocycles. The number of fused-ring (bicyclic) bond motifs is 1. The van der Waals surface area contributed by atoms with Crippen LogP contribution in [0.15, 0.2) is 48.5 Å². The molecular formula is C22H23N3O5. The van der Waals surface area contributed by atoms with E-state index in [-0.39, 0.29) is 30.0 Å². The minimum atomic E-state index is -0.697. The van der Waals surface area contributed by atoms with Crippen molar-refractivity contribution >= 4 is 17.7 Å². The molecule has 2 atom stereocenters. The van der Waals surface area contributed by atoms with E-state index < -0.39 is 12.1 Å². The van der Waals surface area contributed by atoms with E-state index in [1.54, 1.807) is 58.3 Å². The van der Waals surface area contributed by atoms with Gasteiger partial charge >= 0.3 is 0 Å². The zero-order valence-electron chi connectivity index (χ0n) is 16.6. The van der Waals surface area contributed by atoms with Crippen molar-refractivity contribution in [1.29, 1.82) is 0 Å². The smallest absolute Gasteiger partial charge is 0.254 e. The SMILES string of the molecule is COc1cccc(C(=O)N2CCN3C(=O)[C@@H](Cc4ccc(O)cc4)NC(=O)[C@H]3C2)c1. The summed E-state index contributed by atoms with van der Waals surface area (Å²) in [5.41, 5.74) is 1.33. The number of phenols is 1. The maximum atomic E-state index is 12.9. The fourth-order valence-corrected chi connectivity index (χ4v) is 3.93. The van der Waals surface area contributed by atoms with Gasteiger partial charge in [0.15, 0.2) is 0 Å². The first-order valence-electron chi connectivity index (χ1n) is 9.78. The highest BCUT2D eigenvalue weighted by Gasteiger charge is 2.44. The first kappa shape index (κ1) is 19.8. The summed E-state index contributed by atoms with van der Waals surface area (Å²) in [5.74, 6) is 0.125. The zero-order valence-corrected chi connectivity index (χ0v) is 16.6. The van der Waals surface area contributed by atoms with Crippen molar-refractivity contribution in [2.24, 2.45) is 0 Å². The second-order valence-electron chi connectivity index (χ2n) is 7.46. The van der Waals surface area contributed by atoms with E-state index in [0.717, 1.165) is 5.56 Å². The van der Waals surface area contributed by atoms with Crippen LogP contribution < -0.4 is 10.1 Å². The van der Waals surface area contributed by atoms with E-state index >= 15 is 0 Å². The fourth-order valence-electron chi connectivity index (χ4n) is 3.93. The fraction of sp³-hybridized carbons (Fsp3) is 0.318. The van der Waals surface area contributed by atoms with Gasteiger partial charge < -0.3 is 25.0 Å². The standard InChI is InChI=1S/C22H23N3O5/c1-30-17-4-2-3-15(12-17)21(28)24-9-10-25-19(13-24)20(27)23-18(22(25)29)11-14-5-7-16(26)8-6-14/h2-8,12,18-19,26H,9-11,13H2,1H3,(H,23,27)/t18-,19-/m1/s1. The van der Waals surface area contributed by atoms with Crippen LogP contribution in [-0.4, -0.2) is 71.5 Å². The number of phenolic OH excluding ortho intramolecular Hbond substituents is 1. The van der Waals surface area contributed by atoms with Gasteiger partial charge in [0, 0.05) is 25.1 Å². The molecule has 2 aliphatic rings. The summed E-state index contributed by atoms with van der Waals surface area (Å²) in [6.45, 7) is 0.815. The number of nitrogens with one attached hydrogen (secondary N) is 1. The number of nitrogens with zero attached hydrogens (tertiary/aromatic N) is 2. The predicted molar refractivity (Wildman–Crippen MR) is 108 cm³/mol. The molecule has 2 aromatic carbocycles. The highest BCUT2D eigenvalue weighted by atomic mass is 16.5. The van der Waals surface area contributed by atoms with Crippen LogP contribution in [0.2, 0.25) is 0 Å². The highest BCUT2D eigenvalue weighted by molar-refractivity contribution is 5.99. The van der Waals surface area contributed by atoms with Crippen LogP contribution in [0.1, 0.15) is 15.9 Å². The number of carbonyl (C=O) groups excluding carboxylic acids is 3. The van der Waals surface area contributed by atoms with E-state index in [9.17, 15) is 19.5 Å².